The second-order valence-corrected chi connectivity index (χ2v) is 6.27. The van der Waals surface area contributed by atoms with Crippen molar-refractivity contribution in [3.63, 3.8) is 0 Å². The summed E-state index contributed by atoms with van der Waals surface area (Å²) in [6.07, 6.45) is 3.14. The number of anilines is 2. The molecule has 3 rings (SSSR count). The van der Waals surface area contributed by atoms with Crippen LogP contribution in [0.3, 0.4) is 0 Å². The summed E-state index contributed by atoms with van der Waals surface area (Å²) in [6, 6.07) is 12.2. The van der Waals surface area contributed by atoms with Crippen molar-refractivity contribution >= 4 is 17.3 Å². The van der Waals surface area contributed by atoms with Crippen LogP contribution in [0.4, 0.5) is 11.4 Å². The van der Waals surface area contributed by atoms with Crippen LogP contribution >= 0.6 is 0 Å². The van der Waals surface area contributed by atoms with Crippen molar-refractivity contribution in [1.29, 1.82) is 0 Å². The maximum absolute atomic E-state index is 12.8. The minimum atomic E-state index is -0.314. The van der Waals surface area contributed by atoms with Crippen molar-refractivity contribution in [2.24, 2.45) is 0 Å². The molecule has 30 heavy (non-hydrogen) atoms. The smallest absolute Gasteiger partial charge is 0.255 e. The van der Waals surface area contributed by atoms with Crippen LogP contribution in [0.15, 0.2) is 54.9 Å². The van der Waals surface area contributed by atoms with Gasteiger partial charge in [0.1, 0.15) is 12.4 Å². The molecule has 1 amide bonds. The molecule has 8 heteroatoms. The summed E-state index contributed by atoms with van der Waals surface area (Å²) in [4.78, 5) is 16.7. The monoisotopic (exact) mass is 409 g/mol. The minimum absolute atomic E-state index is 0.294. The van der Waals surface area contributed by atoms with E-state index in [0.29, 0.717) is 46.5 Å². The van der Waals surface area contributed by atoms with Gasteiger partial charge in [-0.25, -0.2) is 0 Å². The van der Waals surface area contributed by atoms with Crippen molar-refractivity contribution < 1.29 is 23.7 Å². The zero-order valence-corrected chi connectivity index (χ0v) is 17.0. The number of carbonyl (C=O) groups is 1. The molecule has 0 spiro atoms. The summed E-state index contributed by atoms with van der Waals surface area (Å²) in [5.74, 6) is 1.46. The van der Waals surface area contributed by atoms with Crippen LogP contribution in [0.25, 0.3) is 0 Å². The molecule has 3 aromatic rings. The lowest BCUT2D eigenvalue weighted by Gasteiger charge is -2.14. The lowest BCUT2D eigenvalue weighted by Crippen LogP contribution is -2.13. The highest BCUT2D eigenvalue weighted by Crippen LogP contribution is 2.38. The first-order valence-electron chi connectivity index (χ1n) is 9.08. The quantitative estimate of drug-likeness (QED) is 0.586. The van der Waals surface area contributed by atoms with Gasteiger partial charge in [-0.1, -0.05) is 12.1 Å². The highest BCUT2D eigenvalue weighted by atomic mass is 16.5. The standard InChI is InChI=1S/C22H23N3O5/c1-27-19-10-15(11-20(28-2)21(19)29-3)22(26)25-16-6-4-5-14(9-16)13-30-18-7-8-24-12-17(18)23/h4-12H,13,23H2,1-3H3,(H,25,26). The first-order chi connectivity index (χ1) is 14.5. The Kier molecular flexibility index (Phi) is 6.59. The number of nitrogens with one attached hydrogen (secondary N) is 1. The SMILES string of the molecule is COc1cc(C(=O)Nc2cccc(COc3ccncc3N)c2)cc(OC)c1OC. The Labute approximate surface area is 174 Å². The lowest BCUT2D eigenvalue weighted by atomic mass is 10.1. The molecule has 0 atom stereocenters. The highest BCUT2D eigenvalue weighted by Gasteiger charge is 2.17. The number of methoxy groups -OCH3 is 3. The van der Waals surface area contributed by atoms with Crippen LogP contribution in [0, 0.1) is 0 Å². The molecule has 0 aliphatic rings. The maximum Gasteiger partial charge on any atom is 0.255 e. The Morgan fingerprint density at radius 2 is 1.73 bits per heavy atom. The van der Waals surface area contributed by atoms with Gasteiger partial charge in [-0.2, -0.15) is 0 Å². The van der Waals surface area contributed by atoms with Gasteiger partial charge in [0.15, 0.2) is 11.5 Å². The molecule has 1 aromatic heterocycles. The van der Waals surface area contributed by atoms with Gasteiger partial charge in [-0.3, -0.25) is 9.78 Å². The average molecular weight is 409 g/mol. The van der Waals surface area contributed by atoms with Crippen LogP contribution in [0.5, 0.6) is 23.0 Å². The summed E-state index contributed by atoms with van der Waals surface area (Å²) < 4.78 is 21.6. The number of rotatable bonds is 8. The van der Waals surface area contributed by atoms with Crippen molar-refractivity contribution in [1.82, 2.24) is 4.98 Å². The molecule has 2 aromatic carbocycles. The molecule has 0 saturated heterocycles. The van der Waals surface area contributed by atoms with E-state index in [1.54, 1.807) is 30.5 Å². The van der Waals surface area contributed by atoms with Gasteiger partial charge in [-0.15, -0.1) is 0 Å². The molecule has 156 valence electrons. The van der Waals surface area contributed by atoms with E-state index in [1.165, 1.54) is 27.5 Å². The van der Waals surface area contributed by atoms with Crippen LogP contribution < -0.4 is 30.0 Å². The largest absolute Gasteiger partial charge is 0.493 e. The van der Waals surface area contributed by atoms with Crippen molar-refractivity contribution in [3.05, 3.63) is 66.0 Å². The van der Waals surface area contributed by atoms with Gasteiger partial charge in [0.05, 0.1) is 33.2 Å². The number of nitrogens with zero attached hydrogens (tertiary/aromatic N) is 1. The number of aromatic nitrogens is 1. The first-order valence-corrected chi connectivity index (χ1v) is 9.08. The number of nitrogens with two attached hydrogens (primary N) is 1. The summed E-state index contributed by atoms with van der Waals surface area (Å²) >= 11 is 0. The van der Waals surface area contributed by atoms with E-state index in [1.807, 2.05) is 18.2 Å². The normalized spacial score (nSPS) is 10.2. The number of nitrogen functional groups attached to an aromatic ring is 1. The molecule has 0 saturated carbocycles. The summed E-state index contributed by atoms with van der Waals surface area (Å²) in [6.45, 7) is 0.294. The van der Waals surface area contributed by atoms with E-state index in [0.717, 1.165) is 5.56 Å². The van der Waals surface area contributed by atoms with E-state index >= 15 is 0 Å². The van der Waals surface area contributed by atoms with Gasteiger partial charge in [0.2, 0.25) is 5.75 Å². The summed E-state index contributed by atoms with van der Waals surface area (Å²) in [7, 11) is 4.50. The Hall–Kier alpha value is -3.94. The minimum Gasteiger partial charge on any atom is -0.493 e. The zero-order valence-electron chi connectivity index (χ0n) is 17.0. The fourth-order valence-corrected chi connectivity index (χ4v) is 2.84. The highest BCUT2D eigenvalue weighted by molar-refractivity contribution is 6.05. The third-order valence-electron chi connectivity index (χ3n) is 4.32. The first kappa shape index (κ1) is 20.8. The number of amides is 1. The number of hydrogen-bond donors (Lipinski definition) is 2. The second kappa shape index (κ2) is 9.51. The van der Waals surface area contributed by atoms with E-state index in [-0.39, 0.29) is 5.91 Å². The molecule has 1 heterocycles. The average Bonchev–Trinajstić information content (AvgIpc) is 2.77. The van der Waals surface area contributed by atoms with E-state index in [9.17, 15) is 4.79 Å². The van der Waals surface area contributed by atoms with Gasteiger partial charge in [0.25, 0.3) is 5.91 Å². The van der Waals surface area contributed by atoms with Crippen LogP contribution in [0.1, 0.15) is 15.9 Å². The van der Waals surface area contributed by atoms with E-state index in [4.69, 9.17) is 24.7 Å². The van der Waals surface area contributed by atoms with Gasteiger partial charge < -0.3 is 30.0 Å². The van der Waals surface area contributed by atoms with Crippen LogP contribution in [-0.4, -0.2) is 32.2 Å². The number of benzene rings is 2. The number of carbonyl (C=O) groups excluding carboxylic acids is 1. The maximum atomic E-state index is 12.8. The van der Waals surface area contributed by atoms with Crippen LogP contribution in [0.2, 0.25) is 0 Å². The van der Waals surface area contributed by atoms with Crippen LogP contribution in [-0.2, 0) is 6.61 Å². The lowest BCUT2D eigenvalue weighted by molar-refractivity contribution is 0.102. The van der Waals surface area contributed by atoms with Crippen molar-refractivity contribution in [3.8, 4) is 23.0 Å². The molecule has 0 unspecified atom stereocenters. The fourth-order valence-electron chi connectivity index (χ4n) is 2.84. The van der Waals surface area contributed by atoms with Gasteiger partial charge in [0, 0.05) is 23.5 Å². The summed E-state index contributed by atoms with van der Waals surface area (Å²) in [5.41, 5.74) is 8.16. The Morgan fingerprint density at radius 1 is 1.00 bits per heavy atom. The molecule has 3 N–H and O–H groups in total. The van der Waals surface area contributed by atoms with Crippen molar-refractivity contribution in [2.45, 2.75) is 6.61 Å². The molecular formula is C22H23N3O5. The molecular weight excluding hydrogens is 386 g/mol. The van der Waals surface area contributed by atoms with E-state index < -0.39 is 0 Å². The Morgan fingerprint density at radius 3 is 2.37 bits per heavy atom. The molecule has 0 aliphatic heterocycles. The predicted molar refractivity (Wildman–Crippen MR) is 113 cm³/mol. The second-order valence-electron chi connectivity index (χ2n) is 6.27. The Balaban J connectivity index is 1.74. The zero-order chi connectivity index (χ0) is 21.5. The molecule has 0 fully saturated rings. The van der Waals surface area contributed by atoms with E-state index in [2.05, 4.69) is 10.3 Å². The Bertz CT molecular complexity index is 1010. The van der Waals surface area contributed by atoms with Gasteiger partial charge >= 0.3 is 0 Å². The topological polar surface area (TPSA) is 105 Å². The van der Waals surface area contributed by atoms with Crippen molar-refractivity contribution in [2.75, 3.05) is 32.4 Å². The molecule has 0 bridgehead atoms. The predicted octanol–water partition coefficient (Wildman–Crippen LogP) is 3.52. The molecule has 0 aliphatic carbocycles. The number of ether oxygens (including phenoxy) is 4. The fraction of sp³-hybridized carbons (Fsp3) is 0.182. The molecule has 0 radical (unpaired) electrons. The number of hydrogen-bond acceptors (Lipinski definition) is 7. The third kappa shape index (κ3) is 4.72. The third-order valence-corrected chi connectivity index (χ3v) is 4.32. The molecule has 8 nitrogen and oxygen atoms in total. The summed E-state index contributed by atoms with van der Waals surface area (Å²) in [5, 5.41) is 2.87. The number of pyridine rings is 1. The van der Waals surface area contributed by atoms with Gasteiger partial charge in [-0.05, 0) is 29.8 Å².